The molecular formula is C12H23ClN2O2S. The molecule has 0 aliphatic heterocycles. The van der Waals surface area contributed by atoms with Crippen molar-refractivity contribution in [1.82, 2.24) is 4.72 Å². The monoisotopic (exact) mass is 294 g/mol. The largest absolute Gasteiger partial charge is 0.329 e. The van der Waals surface area contributed by atoms with E-state index in [0.717, 1.165) is 38.5 Å². The van der Waals surface area contributed by atoms with E-state index in [1.165, 1.54) is 0 Å². The smallest absolute Gasteiger partial charge is 0.214 e. The maximum atomic E-state index is 12.3. The first kappa shape index (κ1) is 14.6. The van der Waals surface area contributed by atoms with Gasteiger partial charge in [0.25, 0.3) is 0 Å². The Morgan fingerprint density at radius 3 is 2.50 bits per heavy atom. The molecule has 2 rings (SSSR count). The molecule has 2 aliphatic rings. The second-order valence-corrected chi connectivity index (χ2v) is 8.02. The number of hydrogen-bond acceptors (Lipinski definition) is 3. The van der Waals surface area contributed by atoms with Crippen LogP contribution >= 0.6 is 11.6 Å². The van der Waals surface area contributed by atoms with Crippen LogP contribution in [0.3, 0.4) is 0 Å². The highest BCUT2D eigenvalue weighted by atomic mass is 35.5. The molecule has 0 spiro atoms. The van der Waals surface area contributed by atoms with Crippen LogP contribution in [-0.2, 0) is 10.0 Å². The molecule has 106 valence electrons. The summed E-state index contributed by atoms with van der Waals surface area (Å²) in [5.41, 5.74) is 5.37. The standard InChI is InChI=1S/C12H23ClN2O2S/c13-11-5-1-4-10-9(11)3-2-6-12(10)18(16,17)15-8-7-14/h9-12,15H,1-8,14H2. The molecule has 4 unspecified atom stereocenters. The van der Waals surface area contributed by atoms with E-state index in [1.54, 1.807) is 0 Å². The number of nitrogens with two attached hydrogens (primary N) is 1. The van der Waals surface area contributed by atoms with Gasteiger partial charge < -0.3 is 5.73 Å². The minimum absolute atomic E-state index is 0.163. The Balaban J connectivity index is 2.12. The summed E-state index contributed by atoms with van der Waals surface area (Å²) in [7, 11) is -3.23. The van der Waals surface area contributed by atoms with E-state index in [2.05, 4.69) is 4.72 Å². The van der Waals surface area contributed by atoms with E-state index in [1.807, 2.05) is 0 Å². The van der Waals surface area contributed by atoms with Gasteiger partial charge in [0.1, 0.15) is 0 Å². The van der Waals surface area contributed by atoms with Crippen LogP contribution in [0.2, 0.25) is 0 Å². The Morgan fingerprint density at radius 2 is 1.78 bits per heavy atom. The van der Waals surface area contributed by atoms with Crippen molar-refractivity contribution in [1.29, 1.82) is 0 Å². The van der Waals surface area contributed by atoms with Crippen LogP contribution < -0.4 is 10.5 Å². The third kappa shape index (κ3) is 3.00. The van der Waals surface area contributed by atoms with E-state index in [0.29, 0.717) is 19.0 Å². The first-order chi connectivity index (χ1) is 8.56. The van der Waals surface area contributed by atoms with Crippen LogP contribution in [0.4, 0.5) is 0 Å². The van der Waals surface area contributed by atoms with Crippen LogP contribution in [0.15, 0.2) is 0 Å². The molecule has 0 heterocycles. The van der Waals surface area contributed by atoms with Crippen molar-refractivity contribution in [2.24, 2.45) is 17.6 Å². The summed E-state index contributed by atoms with van der Waals surface area (Å²) in [5.74, 6) is 0.624. The minimum atomic E-state index is -3.23. The molecule has 0 saturated heterocycles. The third-order valence-electron chi connectivity index (χ3n) is 4.38. The SMILES string of the molecule is NCCNS(=O)(=O)C1CCCC2C(Cl)CCCC21. The molecule has 2 aliphatic carbocycles. The number of sulfonamides is 1. The lowest BCUT2D eigenvalue weighted by Gasteiger charge is -2.43. The molecular weight excluding hydrogens is 272 g/mol. The first-order valence-electron chi connectivity index (χ1n) is 6.89. The lowest BCUT2D eigenvalue weighted by molar-refractivity contribution is 0.178. The second kappa shape index (κ2) is 6.07. The highest BCUT2D eigenvalue weighted by Crippen LogP contribution is 2.44. The summed E-state index contributed by atoms with van der Waals surface area (Å²) in [6.45, 7) is 0.679. The average molecular weight is 295 g/mol. The van der Waals surface area contributed by atoms with Crippen molar-refractivity contribution >= 4 is 21.6 Å². The molecule has 0 amide bonds. The van der Waals surface area contributed by atoms with Crippen molar-refractivity contribution in [3.05, 3.63) is 0 Å². The van der Waals surface area contributed by atoms with Crippen LogP contribution in [-0.4, -0.2) is 32.1 Å². The topological polar surface area (TPSA) is 72.2 Å². The molecule has 0 aromatic rings. The van der Waals surface area contributed by atoms with E-state index in [9.17, 15) is 8.42 Å². The van der Waals surface area contributed by atoms with Crippen molar-refractivity contribution in [3.8, 4) is 0 Å². The highest BCUT2D eigenvalue weighted by Gasteiger charge is 2.44. The molecule has 2 saturated carbocycles. The fraction of sp³-hybridized carbons (Fsp3) is 1.00. The number of halogens is 1. The van der Waals surface area contributed by atoms with Gasteiger partial charge in [-0.3, -0.25) is 0 Å². The maximum Gasteiger partial charge on any atom is 0.214 e. The van der Waals surface area contributed by atoms with Gasteiger partial charge in [-0.15, -0.1) is 11.6 Å². The van der Waals surface area contributed by atoms with Gasteiger partial charge >= 0.3 is 0 Å². The van der Waals surface area contributed by atoms with Gasteiger partial charge in [0.2, 0.25) is 10.0 Å². The molecule has 0 radical (unpaired) electrons. The van der Waals surface area contributed by atoms with Gasteiger partial charge in [0.05, 0.1) is 5.25 Å². The van der Waals surface area contributed by atoms with Crippen molar-refractivity contribution in [2.45, 2.75) is 49.2 Å². The molecule has 3 N–H and O–H groups in total. The summed E-state index contributed by atoms with van der Waals surface area (Å²) < 4.78 is 27.2. The van der Waals surface area contributed by atoms with Gasteiger partial charge in [-0.1, -0.05) is 12.8 Å². The van der Waals surface area contributed by atoms with Gasteiger partial charge in [0.15, 0.2) is 0 Å². The van der Waals surface area contributed by atoms with E-state index in [-0.39, 0.29) is 16.5 Å². The predicted molar refractivity (Wildman–Crippen MR) is 74.1 cm³/mol. The Hall–Kier alpha value is 0.160. The summed E-state index contributed by atoms with van der Waals surface area (Å²) >= 11 is 6.37. The first-order valence-corrected chi connectivity index (χ1v) is 8.87. The van der Waals surface area contributed by atoms with Crippen LogP contribution in [0.5, 0.6) is 0 Å². The number of nitrogens with one attached hydrogen (secondary N) is 1. The van der Waals surface area contributed by atoms with Gasteiger partial charge in [-0.25, -0.2) is 13.1 Å². The van der Waals surface area contributed by atoms with E-state index >= 15 is 0 Å². The molecule has 4 nitrogen and oxygen atoms in total. The van der Waals surface area contributed by atoms with E-state index in [4.69, 9.17) is 17.3 Å². The zero-order valence-corrected chi connectivity index (χ0v) is 12.2. The second-order valence-electron chi connectivity index (χ2n) is 5.47. The molecule has 6 heteroatoms. The normalized spacial score (nSPS) is 37.2. The van der Waals surface area contributed by atoms with Crippen molar-refractivity contribution < 1.29 is 8.42 Å². The molecule has 18 heavy (non-hydrogen) atoms. The Labute approximate surface area is 115 Å². The van der Waals surface area contributed by atoms with Crippen molar-refractivity contribution in [3.63, 3.8) is 0 Å². The number of hydrogen-bond donors (Lipinski definition) is 2. The number of rotatable bonds is 4. The number of fused-ring (bicyclic) bond motifs is 1. The summed E-state index contributed by atoms with van der Waals surface area (Å²) in [5, 5.41) is -0.0967. The molecule has 0 aromatic carbocycles. The maximum absolute atomic E-state index is 12.3. The Kier molecular flexibility index (Phi) is 4.92. The predicted octanol–water partition coefficient (Wildman–Crippen LogP) is 1.44. The fourth-order valence-corrected chi connectivity index (χ4v) is 5.92. The highest BCUT2D eigenvalue weighted by molar-refractivity contribution is 7.90. The average Bonchev–Trinajstić information content (AvgIpc) is 2.36. The fourth-order valence-electron chi connectivity index (χ4n) is 3.56. The van der Waals surface area contributed by atoms with Crippen LogP contribution in [0, 0.1) is 11.8 Å². The van der Waals surface area contributed by atoms with Gasteiger partial charge in [-0.2, -0.15) is 0 Å². The lowest BCUT2D eigenvalue weighted by Crippen LogP contribution is -2.48. The molecule has 2 fully saturated rings. The van der Waals surface area contributed by atoms with Gasteiger partial charge in [0, 0.05) is 18.5 Å². The van der Waals surface area contributed by atoms with E-state index < -0.39 is 10.0 Å². The summed E-state index contributed by atoms with van der Waals surface area (Å²) in [4.78, 5) is 0. The number of alkyl halides is 1. The summed E-state index contributed by atoms with van der Waals surface area (Å²) in [6, 6.07) is 0. The quantitative estimate of drug-likeness (QED) is 0.771. The Morgan fingerprint density at radius 1 is 1.11 bits per heavy atom. The third-order valence-corrected chi connectivity index (χ3v) is 6.91. The van der Waals surface area contributed by atoms with Gasteiger partial charge in [-0.05, 0) is 37.5 Å². The zero-order valence-electron chi connectivity index (χ0n) is 10.6. The van der Waals surface area contributed by atoms with Crippen molar-refractivity contribution in [2.75, 3.05) is 13.1 Å². The molecule has 0 bridgehead atoms. The Bertz CT molecular complexity index is 374. The zero-order chi connectivity index (χ0) is 13.2. The minimum Gasteiger partial charge on any atom is -0.329 e. The summed E-state index contributed by atoms with van der Waals surface area (Å²) in [6.07, 6.45) is 5.91. The van der Waals surface area contributed by atoms with Crippen LogP contribution in [0.25, 0.3) is 0 Å². The molecule has 0 aromatic heterocycles. The molecule has 4 atom stereocenters. The van der Waals surface area contributed by atoms with Crippen LogP contribution in [0.1, 0.15) is 38.5 Å². The lowest BCUT2D eigenvalue weighted by atomic mass is 9.70.